The Bertz CT molecular complexity index is 848. The number of aryl methyl sites for hydroxylation is 1. The van der Waals surface area contributed by atoms with Crippen LogP contribution < -0.4 is 10.6 Å². The molecular formula is C21H24N2O2S. The quantitative estimate of drug-likeness (QED) is 0.814. The van der Waals surface area contributed by atoms with Gasteiger partial charge in [-0.2, -0.15) is 0 Å². The zero-order valence-corrected chi connectivity index (χ0v) is 16.3. The molecule has 4 nitrogen and oxygen atoms in total. The summed E-state index contributed by atoms with van der Waals surface area (Å²) < 4.78 is 0. The number of rotatable bonds is 4. The molecule has 136 valence electrons. The molecule has 0 saturated heterocycles. The summed E-state index contributed by atoms with van der Waals surface area (Å²) in [5, 5.41) is 5.53. The molecule has 0 radical (unpaired) electrons. The Hall–Kier alpha value is -2.27. The smallest absolute Gasteiger partial charge is 0.238 e. The Labute approximate surface area is 158 Å². The van der Waals surface area contributed by atoms with E-state index in [0.717, 1.165) is 27.4 Å². The summed E-state index contributed by atoms with van der Waals surface area (Å²) in [6.07, 6.45) is 0. The van der Waals surface area contributed by atoms with Gasteiger partial charge in [0, 0.05) is 10.6 Å². The molecule has 3 rings (SSSR count). The third-order valence-electron chi connectivity index (χ3n) is 4.70. The molecule has 2 atom stereocenters. The van der Waals surface area contributed by atoms with Gasteiger partial charge in [-0.25, -0.2) is 0 Å². The predicted molar refractivity (Wildman–Crippen MR) is 108 cm³/mol. The van der Waals surface area contributed by atoms with Crippen LogP contribution in [0.5, 0.6) is 0 Å². The zero-order valence-electron chi connectivity index (χ0n) is 15.5. The summed E-state index contributed by atoms with van der Waals surface area (Å²) in [6.45, 7) is 8.02. The molecule has 2 N–H and O–H groups in total. The predicted octanol–water partition coefficient (Wildman–Crippen LogP) is 4.81. The largest absolute Gasteiger partial charge is 0.325 e. The van der Waals surface area contributed by atoms with Gasteiger partial charge in [-0.05, 0) is 36.1 Å². The van der Waals surface area contributed by atoms with Crippen LogP contribution in [0.1, 0.15) is 37.8 Å². The van der Waals surface area contributed by atoms with Gasteiger partial charge in [0.15, 0.2) is 0 Å². The first kappa shape index (κ1) is 18.5. The van der Waals surface area contributed by atoms with Crippen LogP contribution in [-0.4, -0.2) is 17.1 Å². The van der Waals surface area contributed by atoms with Crippen molar-refractivity contribution in [1.29, 1.82) is 0 Å². The number of benzene rings is 2. The molecule has 2 amide bonds. The number of fused-ring (bicyclic) bond motifs is 1. The number of amides is 2. The van der Waals surface area contributed by atoms with Crippen LogP contribution in [0.2, 0.25) is 0 Å². The van der Waals surface area contributed by atoms with Gasteiger partial charge in [0.2, 0.25) is 11.8 Å². The number of hydrogen-bond donors (Lipinski definition) is 2. The molecule has 1 heterocycles. The summed E-state index contributed by atoms with van der Waals surface area (Å²) in [4.78, 5) is 26.4. The molecule has 0 aliphatic carbocycles. The SMILES string of the molecule is Cc1cccc(C(C)C)c1NC(=O)C(C)C1Sc2ccccc2NC1=O. The highest BCUT2D eigenvalue weighted by Crippen LogP contribution is 2.39. The van der Waals surface area contributed by atoms with Crippen molar-refractivity contribution in [1.82, 2.24) is 0 Å². The maximum Gasteiger partial charge on any atom is 0.238 e. The Balaban J connectivity index is 1.80. The minimum absolute atomic E-state index is 0.120. The normalized spacial score (nSPS) is 17.4. The summed E-state index contributed by atoms with van der Waals surface area (Å²) in [6, 6.07) is 13.7. The molecular weight excluding hydrogens is 344 g/mol. The number of carbonyl (C=O) groups is 2. The van der Waals surface area contributed by atoms with E-state index in [0.29, 0.717) is 5.92 Å². The van der Waals surface area contributed by atoms with Crippen molar-refractivity contribution in [3.05, 3.63) is 53.6 Å². The van der Waals surface area contributed by atoms with E-state index < -0.39 is 11.2 Å². The fraction of sp³-hybridized carbons (Fsp3) is 0.333. The molecule has 1 aliphatic heterocycles. The van der Waals surface area contributed by atoms with Gasteiger partial charge in [0.25, 0.3) is 0 Å². The van der Waals surface area contributed by atoms with Crippen molar-refractivity contribution in [2.75, 3.05) is 10.6 Å². The van der Waals surface area contributed by atoms with E-state index in [9.17, 15) is 9.59 Å². The number of carbonyl (C=O) groups excluding carboxylic acids is 2. The lowest BCUT2D eigenvalue weighted by Gasteiger charge is -2.28. The molecule has 0 fully saturated rings. The van der Waals surface area contributed by atoms with Crippen molar-refractivity contribution in [2.24, 2.45) is 5.92 Å². The van der Waals surface area contributed by atoms with Crippen LogP contribution in [0.3, 0.4) is 0 Å². The molecule has 26 heavy (non-hydrogen) atoms. The van der Waals surface area contributed by atoms with Gasteiger partial charge in [0.1, 0.15) is 0 Å². The topological polar surface area (TPSA) is 58.2 Å². The summed E-state index contributed by atoms with van der Waals surface area (Å²) in [5.41, 5.74) is 3.81. The van der Waals surface area contributed by atoms with Crippen molar-refractivity contribution < 1.29 is 9.59 Å². The molecule has 2 unspecified atom stereocenters. The van der Waals surface area contributed by atoms with Crippen LogP contribution in [0.4, 0.5) is 11.4 Å². The lowest BCUT2D eigenvalue weighted by Crippen LogP contribution is -2.39. The fourth-order valence-corrected chi connectivity index (χ4v) is 4.28. The molecule has 0 saturated carbocycles. The Morgan fingerprint density at radius 3 is 2.58 bits per heavy atom. The highest BCUT2D eigenvalue weighted by Gasteiger charge is 2.35. The lowest BCUT2D eigenvalue weighted by atomic mass is 9.97. The van der Waals surface area contributed by atoms with E-state index in [-0.39, 0.29) is 11.8 Å². The first-order chi connectivity index (χ1) is 12.4. The number of nitrogens with one attached hydrogen (secondary N) is 2. The highest BCUT2D eigenvalue weighted by atomic mass is 32.2. The minimum Gasteiger partial charge on any atom is -0.325 e. The van der Waals surface area contributed by atoms with Crippen LogP contribution in [0.25, 0.3) is 0 Å². The van der Waals surface area contributed by atoms with Gasteiger partial charge >= 0.3 is 0 Å². The van der Waals surface area contributed by atoms with Crippen molar-refractivity contribution in [2.45, 2.75) is 43.8 Å². The minimum atomic E-state index is -0.451. The second-order valence-electron chi connectivity index (χ2n) is 7.00. The van der Waals surface area contributed by atoms with E-state index in [1.54, 1.807) is 0 Å². The van der Waals surface area contributed by atoms with Gasteiger partial charge in [0.05, 0.1) is 16.9 Å². The first-order valence-electron chi connectivity index (χ1n) is 8.85. The van der Waals surface area contributed by atoms with Gasteiger partial charge in [-0.15, -0.1) is 11.8 Å². The lowest BCUT2D eigenvalue weighted by molar-refractivity contribution is -0.123. The first-order valence-corrected chi connectivity index (χ1v) is 9.73. The fourth-order valence-electron chi connectivity index (χ4n) is 3.11. The maximum absolute atomic E-state index is 12.9. The van der Waals surface area contributed by atoms with Crippen LogP contribution in [0, 0.1) is 12.8 Å². The number of thioether (sulfide) groups is 1. The van der Waals surface area contributed by atoms with Crippen molar-refractivity contribution >= 4 is 35.0 Å². The molecule has 2 aromatic carbocycles. The molecule has 0 spiro atoms. The third-order valence-corrected chi connectivity index (χ3v) is 6.19. The summed E-state index contributed by atoms with van der Waals surface area (Å²) in [7, 11) is 0. The maximum atomic E-state index is 12.9. The Kier molecular flexibility index (Phi) is 5.37. The van der Waals surface area contributed by atoms with E-state index in [4.69, 9.17) is 0 Å². The van der Waals surface area contributed by atoms with Crippen molar-refractivity contribution in [3.8, 4) is 0 Å². The molecule has 2 aromatic rings. The van der Waals surface area contributed by atoms with E-state index in [1.807, 2.05) is 56.3 Å². The average Bonchev–Trinajstić information content (AvgIpc) is 2.61. The van der Waals surface area contributed by atoms with Crippen LogP contribution in [0.15, 0.2) is 47.4 Å². The zero-order chi connectivity index (χ0) is 18.8. The standard InChI is InChI=1S/C21H24N2O2S/c1-12(2)15-9-7-8-13(3)18(15)23-20(24)14(4)19-21(25)22-16-10-5-6-11-17(16)26-19/h5-12,14,19H,1-4H3,(H,22,25)(H,23,24). The van der Waals surface area contributed by atoms with E-state index in [2.05, 4.69) is 24.5 Å². The van der Waals surface area contributed by atoms with E-state index >= 15 is 0 Å². The molecule has 5 heteroatoms. The molecule has 0 bridgehead atoms. The molecule has 0 aromatic heterocycles. The second-order valence-corrected chi connectivity index (χ2v) is 8.18. The molecule has 1 aliphatic rings. The average molecular weight is 369 g/mol. The van der Waals surface area contributed by atoms with Crippen LogP contribution >= 0.6 is 11.8 Å². The van der Waals surface area contributed by atoms with Gasteiger partial charge < -0.3 is 10.6 Å². The monoisotopic (exact) mass is 368 g/mol. The highest BCUT2D eigenvalue weighted by molar-refractivity contribution is 8.01. The second kappa shape index (κ2) is 7.54. The Morgan fingerprint density at radius 1 is 1.12 bits per heavy atom. The third kappa shape index (κ3) is 3.63. The van der Waals surface area contributed by atoms with Gasteiger partial charge in [-0.3, -0.25) is 9.59 Å². The number of para-hydroxylation sites is 2. The van der Waals surface area contributed by atoms with Crippen molar-refractivity contribution in [3.63, 3.8) is 0 Å². The van der Waals surface area contributed by atoms with Crippen LogP contribution in [-0.2, 0) is 9.59 Å². The van der Waals surface area contributed by atoms with Gasteiger partial charge in [-0.1, -0.05) is 51.1 Å². The summed E-state index contributed by atoms with van der Waals surface area (Å²) >= 11 is 1.45. The number of hydrogen-bond acceptors (Lipinski definition) is 3. The Morgan fingerprint density at radius 2 is 1.85 bits per heavy atom. The summed E-state index contributed by atoms with van der Waals surface area (Å²) in [5.74, 6) is -0.397. The number of anilines is 2. The van der Waals surface area contributed by atoms with E-state index in [1.165, 1.54) is 11.8 Å².